The Bertz CT molecular complexity index is 1030. The molecule has 1 fully saturated rings. The number of aromatic nitrogens is 2. The fourth-order valence-electron chi connectivity index (χ4n) is 3.38. The number of carbonyl (C=O) groups excluding carboxylic acids is 1. The molecule has 4 rings (SSSR count). The largest absolute Gasteiger partial charge is 0.372 e. The minimum absolute atomic E-state index is 0.308. The lowest BCUT2D eigenvalue weighted by Gasteiger charge is -2.28. The van der Waals surface area contributed by atoms with E-state index in [0.717, 1.165) is 18.8 Å². The Morgan fingerprint density at radius 1 is 0.900 bits per heavy atom. The Hall–Kier alpha value is -3.92. The predicted molar refractivity (Wildman–Crippen MR) is 117 cm³/mol. The number of anilines is 4. The SMILES string of the molecule is N#Cc1ccc(NC(=O)c2cnc(Nc3ccc(N4CCCCC4)cc3)nc2)cc1. The molecule has 0 radical (unpaired) electrons. The molecule has 1 amide bonds. The average molecular weight is 398 g/mol. The first-order valence-corrected chi connectivity index (χ1v) is 9.97. The van der Waals surface area contributed by atoms with Gasteiger partial charge in [0, 0.05) is 42.5 Å². The first kappa shape index (κ1) is 19.4. The third-order valence-electron chi connectivity index (χ3n) is 5.03. The highest BCUT2D eigenvalue weighted by Crippen LogP contribution is 2.23. The number of benzene rings is 2. The Kier molecular flexibility index (Phi) is 5.85. The van der Waals surface area contributed by atoms with E-state index in [1.807, 2.05) is 18.2 Å². The van der Waals surface area contributed by atoms with Crippen molar-refractivity contribution < 1.29 is 4.79 Å². The summed E-state index contributed by atoms with van der Waals surface area (Å²) in [7, 11) is 0. The molecule has 150 valence electrons. The molecule has 3 aromatic rings. The molecule has 1 aliphatic rings. The first-order chi connectivity index (χ1) is 14.7. The number of rotatable bonds is 5. The summed E-state index contributed by atoms with van der Waals surface area (Å²) in [6, 6.07) is 16.9. The van der Waals surface area contributed by atoms with Gasteiger partial charge in [0.15, 0.2) is 0 Å². The fraction of sp³-hybridized carbons (Fsp3) is 0.217. The summed E-state index contributed by atoms with van der Waals surface area (Å²) in [4.78, 5) is 23.2. The van der Waals surface area contributed by atoms with Crippen LogP contribution in [0, 0.1) is 11.3 Å². The maximum atomic E-state index is 12.3. The van der Waals surface area contributed by atoms with Gasteiger partial charge in [0.25, 0.3) is 5.91 Å². The van der Waals surface area contributed by atoms with Crippen LogP contribution in [0.1, 0.15) is 35.2 Å². The number of piperidine rings is 1. The molecular weight excluding hydrogens is 376 g/mol. The van der Waals surface area contributed by atoms with E-state index in [4.69, 9.17) is 5.26 Å². The van der Waals surface area contributed by atoms with Gasteiger partial charge in [0.1, 0.15) is 0 Å². The quantitative estimate of drug-likeness (QED) is 0.664. The van der Waals surface area contributed by atoms with Gasteiger partial charge in [-0.05, 0) is 67.8 Å². The van der Waals surface area contributed by atoms with Crippen LogP contribution in [0.4, 0.5) is 23.0 Å². The second kappa shape index (κ2) is 9.05. The van der Waals surface area contributed by atoms with Crippen LogP contribution in [0.5, 0.6) is 0 Å². The molecule has 30 heavy (non-hydrogen) atoms. The maximum Gasteiger partial charge on any atom is 0.258 e. The maximum absolute atomic E-state index is 12.3. The number of amides is 1. The molecule has 0 bridgehead atoms. The summed E-state index contributed by atoms with van der Waals surface area (Å²) in [5.74, 6) is 0.118. The second-order valence-electron chi connectivity index (χ2n) is 7.16. The molecule has 7 heteroatoms. The summed E-state index contributed by atoms with van der Waals surface area (Å²) < 4.78 is 0. The van der Waals surface area contributed by atoms with E-state index >= 15 is 0 Å². The van der Waals surface area contributed by atoms with E-state index < -0.39 is 0 Å². The summed E-state index contributed by atoms with van der Waals surface area (Å²) in [6.45, 7) is 2.23. The summed E-state index contributed by atoms with van der Waals surface area (Å²) in [5.41, 5.74) is 3.62. The summed E-state index contributed by atoms with van der Waals surface area (Å²) in [5, 5.41) is 14.8. The van der Waals surface area contributed by atoms with Crippen molar-refractivity contribution >= 4 is 28.9 Å². The number of nitrogens with one attached hydrogen (secondary N) is 2. The van der Waals surface area contributed by atoms with Crippen LogP contribution in [-0.2, 0) is 0 Å². The number of hydrogen-bond donors (Lipinski definition) is 2. The minimum atomic E-state index is -0.308. The monoisotopic (exact) mass is 398 g/mol. The zero-order valence-corrected chi connectivity index (χ0v) is 16.5. The molecule has 7 nitrogen and oxygen atoms in total. The van der Waals surface area contributed by atoms with Gasteiger partial charge in [-0.25, -0.2) is 9.97 Å². The van der Waals surface area contributed by atoms with Crippen molar-refractivity contribution in [2.75, 3.05) is 28.6 Å². The van der Waals surface area contributed by atoms with Crippen LogP contribution in [0.2, 0.25) is 0 Å². The highest BCUT2D eigenvalue weighted by Gasteiger charge is 2.11. The Labute approximate surface area is 175 Å². The van der Waals surface area contributed by atoms with E-state index in [2.05, 4.69) is 37.6 Å². The molecule has 2 aromatic carbocycles. The zero-order valence-electron chi connectivity index (χ0n) is 16.5. The van der Waals surface area contributed by atoms with Gasteiger partial charge in [0.2, 0.25) is 5.95 Å². The standard InChI is InChI=1S/C23H22N6O/c24-14-17-4-6-19(7-5-17)27-22(30)18-15-25-23(26-16-18)28-20-8-10-21(11-9-20)29-12-2-1-3-13-29/h4-11,15-16H,1-3,12-13H2,(H,27,30)(H,25,26,28). The molecule has 0 aliphatic carbocycles. The summed E-state index contributed by atoms with van der Waals surface area (Å²) >= 11 is 0. The molecule has 2 heterocycles. The Balaban J connectivity index is 1.36. The lowest BCUT2D eigenvalue weighted by Crippen LogP contribution is -2.29. The third-order valence-corrected chi connectivity index (χ3v) is 5.03. The third kappa shape index (κ3) is 4.73. The number of hydrogen-bond acceptors (Lipinski definition) is 6. The van der Waals surface area contributed by atoms with Crippen LogP contribution < -0.4 is 15.5 Å². The first-order valence-electron chi connectivity index (χ1n) is 9.97. The van der Waals surface area contributed by atoms with Crippen molar-refractivity contribution in [2.45, 2.75) is 19.3 Å². The van der Waals surface area contributed by atoms with Crippen molar-refractivity contribution in [3.8, 4) is 6.07 Å². The lowest BCUT2D eigenvalue weighted by atomic mass is 10.1. The van der Waals surface area contributed by atoms with E-state index in [0.29, 0.717) is 22.8 Å². The molecule has 0 saturated carbocycles. The van der Waals surface area contributed by atoms with Crippen LogP contribution in [0.25, 0.3) is 0 Å². The van der Waals surface area contributed by atoms with Crippen molar-refractivity contribution in [3.63, 3.8) is 0 Å². The van der Waals surface area contributed by atoms with Gasteiger partial charge in [-0.1, -0.05) is 0 Å². The summed E-state index contributed by atoms with van der Waals surface area (Å²) in [6.07, 6.45) is 6.78. The van der Waals surface area contributed by atoms with Crippen molar-refractivity contribution in [1.29, 1.82) is 5.26 Å². The van der Waals surface area contributed by atoms with Crippen molar-refractivity contribution in [2.24, 2.45) is 0 Å². The molecule has 1 aliphatic heterocycles. The number of nitriles is 1. The average Bonchev–Trinajstić information content (AvgIpc) is 2.81. The van der Waals surface area contributed by atoms with Gasteiger partial charge >= 0.3 is 0 Å². The fourth-order valence-corrected chi connectivity index (χ4v) is 3.38. The predicted octanol–water partition coefficient (Wildman–Crippen LogP) is 4.33. The van der Waals surface area contributed by atoms with E-state index in [1.54, 1.807) is 24.3 Å². The van der Waals surface area contributed by atoms with Crippen LogP contribution in [0.3, 0.4) is 0 Å². The Morgan fingerprint density at radius 3 is 2.17 bits per heavy atom. The molecule has 0 unspecified atom stereocenters. The number of nitrogens with zero attached hydrogens (tertiary/aromatic N) is 4. The Morgan fingerprint density at radius 2 is 1.53 bits per heavy atom. The van der Waals surface area contributed by atoms with Gasteiger partial charge in [-0.2, -0.15) is 5.26 Å². The van der Waals surface area contributed by atoms with Gasteiger partial charge in [-0.3, -0.25) is 4.79 Å². The normalized spacial score (nSPS) is 13.4. The van der Waals surface area contributed by atoms with Crippen LogP contribution in [0.15, 0.2) is 60.9 Å². The van der Waals surface area contributed by atoms with Gasteiger partial charge in [0.05, 0.1) is 17.2 Å². The number of carbonyl (C=O) groups is 1. The molecule has 0 atom stereocenters. The highest BCUT2D eigenvalue weighted by molar-refractivity contribution is 6.03. The van der Waals surface area contributed by atoms with Crippen molar-refractivity contribution in [3.05, 3.63) is 72.1 Å². The van der Waals surface area contributed by atoms with Crippen LogP contribution in [-0.4, -0.2) is 29.0 Å². The highest BCUT2D eigenvalue weighted by atomic mass is 16.1. The van der Waals surface area contributed by atoms with Gasteiger partial charge in [-0.15, -0.1) is 0 Å². The van der Waals surface area contributed by atoms with Crippen molar-refractivity contribution in [1.82, 2.24) is 9.97 Å². The van der Waals surface area contributed by atoms with E-state index in [1.165, 1.54) is 37.3 Å². The lowest BCUT2D eigenvalue weighted by molar-refractivity contribution is 0.102. The van der Waals surface area contributed by atoms with Crippen LogP contribution >= 0.6 is 0 Å². The van der Waals surface area contributed by atoms with Gasteiger partial charge < -0.3 is 15.5 Å². The van der Waals surface area contributed by atoms with E-state index in [9.17, 15) is 4.79 Å². The second-order valence-corrected chi connectivity index (χ2v) is 7.16. The smallest absolute Gasteiger partial charge is 0.258 e. The topological polar surface area (TPSA) is 93.9 Å². The zero-order chi connectivity index (χ0) is 20.8. The molecular formula is C23H22N6O. The minimum Gasteiger partial charge on any atom is -0.372 e. The molecule has 2 N–H and O–H groups in total. The molecule has 1 saturated heterocycles. The molecule has 0 spiro atoms. The van der Waals surface area contributed by atoms with E-state index in [-0.39, 0.29) is 5.91 Å². The molecule has 1 aromatic heterocycles.